The zero-order valence-electron chi connectivity index (χ0n) is 6.52. The van der Waals surface area contributed by atoms with E-state index in [1.54, 1.807) is 13.8 Å². The quantitative estimate of drug-likeness (QED) is 0.454. The fourth-order valence-corrected chi connectivity index (χ4v) is 1.51. The van der Waals surface area contributed by atoms with E-state index in [9.17, 15) is 4.11 Å². The predicted octanol–water partition coefficient (Wildman–Crippen LogP) is 1.11. The Morgan fingerprint density at radius 2 is 1.60 bits per heavy atom. The summed E-state index contributed by atoms with van der Waals surface area (Å²) in [4.78, 5) is 0. The molecule has 0 spiro atoms. The molecule has 0 atom stereocenters. The minimum Gasteiger partial charge on any atom is -0.352 e. The molecule has 0 N–H and O–H groups in total. The standard InChI is InChI=1S/C5H13FO3Si/c1-4-8-10(6,7-3)9-5-2/h4-5H2,1-3H3. The van der Waals surface area contributed by atoms with Crippen molar-refractivity contribution in [2.45, 2.75) is 13.8 Å². The van der Waals surface area contributed by atoms with Crippen molar-refractivity contribution in [1.82, 2.24) is 0 Å². The SMILES string of the molecule is CCO[Si](F)(OC)OCC. The normalized spacial score (nSPS) is 12.0. The maximum Gasteiger partial charge on any atom is 0.719 e. The molecule has 0 aliphatic rings. The molecule has 62 valence electrons. The summed E-state index contributed by atoms with van der Waals surface area (Å²) in [6, 6.07) is 0. The van der Waals surface area contributed by atoms with Crippen LogP contribution in [0.4, 0.5) is 4.11 Å². The third-order valence-corrected chi connectivity index (χ3v) is 2.63. The Labute approximate surface area is 61.6 Å². The molecule has 10 heavy (non-hydrogen) atoms. The summed E-state index contributed by atoms with van der Waals surface area (Å²) in [5.41, 5.74) is 0. The van der Waals surface area contributed by atoms with Crippen LogP contribution in [0.15, 0.2) is 0 Å². The van der Waals surface area contributed by atoms with Gasteiger partial charge in [0, 0.05) is 20.3 Å². The van der Waals surface area contributed by atoms with Crippen molar-refractivity contribution in [3.8, 4) is 0 Å². The summed E-state index contributed by atoms with van der Waals surface area (Å²) in [5.74, 6) is 0. The van der Waals surface area contributed by atoms with Crippen LogP contribution < -0.4 is 0 Å². The fourth-order valence-electron chi connectivity index (χ4n) is 0.504. The molecule has 3 nitrogen and oxygen atoms in total. The van der Waals surface area contributed by atoms with Gasteiger partial charge in [-0.15, -0.1) is 0 Å². The van der Waals surface area contributed by atoms with Crippen molar-refractivity contribution in [1.29, 1.82) is 0 Å². The van der Waals surface area contributed by atoms with Crippen LogP contribution in [0.2, 0.25) is 0 Å². The minimum absolute atomic E-state index is 0.274. The van der Waals surface area contributed by atoms with Crippen molar-refractivity contribution in [2.24, 2.45) is 0 Å². The van der Waals surface area contributed by atoms with Crippen LogP contribution >= 0.6 is 0 Å². The first-order chi connectivity index (χ1) is 4.68. The Morgan fingerprint density at radius 3 is 1.80 bits per heavy atom. The lowest BCUT2D eigenvalue weighted by molar-refractivity contribution is 0.0443. The van der Waals surface area contributed by atoms with Crippen LogP contribution in [0.1, 0.15) is 13.8 Å². The van der Waals surface area contributed by atoms with E-state index in [0.29, 0.717) is 0 Å². The van der Waals surface area contributed by atoms with E-state index >= 15 is 0 Å². The monoisotopic (exact) mass is 168 g/mol. The maximum atomic E-state index is 13.0. The van der Waals surface area contributed by atoms with Gasteiger partial charge in [0.15, 0.2) is 0 Å². The third kappa shape index (κ3) is 3.26. The van der Waals surface area contributed by atoms with Crippen LogP contribution in [0.5, 0.6) is 0 Å². The molecule has 0 aliphatic heterocycles. The molecule has 0 aromatic carbocycles. The van der Waals surface area contributed by atoms with Gasteiger partial charge in [0.25, 0.3) is 0 Å². The van der Waals surface area contributed by atoms with Crippen molar-refractivity contribution in [3.63, 3.8) is 0 Å². The Hall–Kier alpha value is 0.0269. The summed E-state index contributed by atoms with van der Waals surface area (Å²) < 4.78 is 26.7. The van der Waals surface area contributed by atoms with Gasteiger partial charge in [-0.25, -0.2) is 4.11 Å². The first-order valence-corrected chi connectivity index (χ1v) is 4.80. The van der Waals surface area contributed by atoms with Crippen LogP contribution in [0.3, 0.4) is 0 Å². The molecule has 0 amide bonds. The fraction of sp³-hybridized carbons (Fsp3) is 1.00. The second-order valence-electron chi connectivity index (χ2n) is 1.55. The molecular formula is C5H13FO3Si. The van der Waals surface area contributed by atoms with Gasteiger partial charge in [-0.05, 0) is 13.8 Å². The summed E-state index contributed by atoms with van der Waals surface area (Å²) in [6.07, 6.45) is 0. The van der Waals surface area contributed by atoms with E-state index in [1.807, 2.05) is 0 Å². The van der Waals surface area contributed by atoms with E-state index < -0.39 is 9.14 Å². The van der Waals surface area contributed by atoms with Crippen molar-refractivity contribution < 1.29 is 17.4 Å². The Balaban J connectivity index is 3.69. The molecule has 0 saturated carbocycles. The van der Waals surface area contributed by atoms with Crippen molar-refractivity contribution in [2.75, 3.05) is 20.3 Å². The third-order valence-electron chi connectivity index (χ3n) is 0.877. The number of hydrogen-bond donors (Lipinski definition) is 0. The van der Waals surface area contributed by atoms with Crippen molar-refractivity contribution in [3.05, 3.63) is 0 Å². The number of rotatable bonds is 5. The average molecular weight is 168 g/mol. The van der Waals surface area contributed by atoms with Gasteiger partial charge in [-0.3, -0.25) is 0 Å². The minimum atomic E-state index is -3.72. The summed E-state index contributed by atoms with van der Waals surface area (Å²) in [5, 5.41) is 0. The van der Waals surface area contributed by atoms with Gasteiger partial charge in [-0.1, -0.05) is 0 Å². The molecule has 0 heterocycles. The van der Waals surface area contributed by atoms with E-state index in [-0.39, 0.29) is 13.2 Å². The zero-order chi connectivity index (χ0) is 8.04. The largest absolute Gasteiger partial charge is 0.719 e. The highest BCUT2D eigenvalue weighted by atomic mass is 28.4. The highest BCUT2D eigenvalue weighted by Crippen LogP contribution is 2.08. The molecule has 0 radical (unpaired) electrons. The first kappa shape index (κ1) is 10.0. The molecule has 0 unspecified atom stereocenters. The van der Waals surface area contributed by atoms with Gasteiger partial charge in [0.1, 0.15) is 0 Å². The van der Waals surface area contributed by atoms with Crippen LogP contribution in [0, 0.1) is 0 Å². The Morgan fingerprint density at radius 1 is 1.20 bits per heavy atom. The van der Waals surface area contributed by atoms with Gasteiger partial charge in [-0.2, -0.15) is 0 Å². The molecule has 0 bridgehead atoms. The molecule has 0 rings (SSSR count). The zero-order valence-corrected chi connectivity index (χ0v) is 7.52. The maximum absolute atomic E-state index is 13.0. The van der Waals surface area contributed by atoms with Gasteiger partial charge >= 0.3 is 9.14 Å². The van der Waals surface area contributed by atoms with Crippen LogP contribution in [-0.2, 0) is 13.3 Å². The predicted molar refractivity (Wildman–Crippen MR) is 37.1 cm³/mol. The Kier molecular flexibility index (Phi) is 4.80. The van der Waals surface area contributed by atoms with E-state index in [1.165, 1.54) is 7.11 Å². The molecule has 0 fully saturated rings. The molecule has 0 aromatic heterocycles. The topological polar surface area (TPSA) is 27.7 Å². The lowest BCUT2D eigenvalue weighted by Gasteiger charge is -2.16. The molecular weight excluding hydrogens is 155 g/mol. The van der Waals surface area contributed by atoms with Gasteiger partial charge < -0.3 is 13.3 Å². The van der Waals surface area contributed by atoms with Gasteiger partial charge in [0.05, 0.1) is 0 Å². The van der Waals surface area contributed by atoms with Crippen molar-refractivity contribution >= 4 is 9.14 Å². The second-order valence-corrected chi connectivity index (χ2v) is 3.50. The Bertz CT molecular complexity index is 85.0. The summed E-state index contributed by atoms with van der Waals surface area (Å²) >= 11 is 0. The molecule has 0 aromatic rings. The average Bonchev–Trinajstić information content (AvgIpc) is 1.89. The second kappa shape index (κ2) is 4.78. The van der Waals surface area contributed by atoms with E-state index in [0.717, 1.165) is 0 Å². The highest BCUT2D eigenvalue weighted by Gasteiger charge is 2.42. The van der Waals surface area contributed by atoms with E-state index in [4.69, 9.17) is 0 Å². The lowest BCUT2D eigenvalue weighted by atomic mass is 10.9. The highest BCUT2D eigenvalue weighted by molar-refractivity contribution is 6.52. The summed E-state index contributed by atoms with van der Waals surface area (Å²) in [6.45, 7) is 3.94. The summed E-state index contributed by atoms with van der Waals surface area (Å²) in [7, 11) is -2.48. The lowest BCUT2D eigenvalue weighted by Crippen LogP contribution is -2.40. The number of halogens is 1. The molecule has 0 saturated heterocycles. The molecule has 0 aliphatic carbocycles. The first-order valence-electron chi connectivity index (χ1n) is 3.20. The molecule has 5 heteroatoms. The smallest absolute Gasteiger partial charge is 0.352 e. The van der Waals surface area contributed by atoms with Crippen LogP contribution in [0.25, 0.3) is 0 Å². The number of hydrogen-bond acceptors (Lipinski definition) is 3. The van der Waals surface area contributed by atoms with Crippen LogP contribution in [-0.4, -0.2) is 29.5 Å². The van der Waals surface area contributed by atoms with Gasteiger partial charge in [0.2, 0.25) is 0 Å². The van der Waals surface area contributed by atoms with E-state index in [2.05, 4.69) is 13.3 Å².